The van der Waals surface area contributed by atoms with E-state index in [4.69, 9.17) is 16.6 Å². The summed E-state index contributed by atoms with van der Waals surface area (Å²) in [5.41, 5.74) is 10.4. The number of carbonyl (C=O) groups is 1. The van der Waals surface area contributed by atoms with E-state index < -0.39 is 12.0 Å². The molecule has 0 aromatic heterocycles. The standard InChI is InChI=1S/C6H14N2O2.2HI.Zn/c7-4-2-1-3-5(8)6(9)10;;;/h5H,1-4,7-8H2,(H,9,10);2*1H;/q;;;+2/p-2. The maximum Gasteiger partial charge on any atom is 2.00 e. The van der Waals surface area contributed by atoms with Crippen LogP contribution in [0, 0.1) is 0 Å². The summed E-state index contributed by atoms with van der Waals surface area (Å²) in [6.45, 7) is 0.604. The average Bonchev–Trinajstić information content (AvgIpc) is 1.88. The van der Waals surface area contributed by atoms with Gasteiger partial charge in [-0.25, -0.2) is 0 Å². The van der Waals surface area contributed by atoms with Gasteiger partial charge in [0.2, 0.25) is 0 Å². The number of hydrogen-bond donors (Lipinski definition) is 3. The van der Waals surface area contributed by atoms with Crippen LogP contribution in [-0.4, -0.2) is 23.7 Å². The zero-order chi connectivity index (χ0) is 7.98. The van der Waals surface area contributed by atoms with Crippen molar-refractivity contribution in [1.29, 1.82) is 0 Å². The van der Waals surface area contributed by atoms with Crippen LogP contribution in [0.15, 0.2) is 0 Å². The van der Waals surface area contributed by atoms with E-state index in [0.29, 0.717) is 13.0 Å². The Morgan fingerprint density at radius 2 is 1.77 bits per heavy atom. The molecule has 0 saturated heterocycles. The summed E-state index contributed by atoms with van der Waals surface area (Å²) in [5.74, 6) is -0.933. The summed E-state index contributed by atoms with van der Waals surface area (Å²) in [6.07, 6.45) is 2.16. The van der Waals surface area contributed by atoms with Gasteiger partial charge in [0.15, 0.2) is 0 Å². The molecule has 0 aromatic carbocycles. The normalized spacial score (nSPS) is 10.0. The Hall–Kier alpha value is 1.47. The summed E-state index contributed by atoms with van der Waals surface area (Å²) in [6, 6.07) is -0.716. The van der Waals surface area contributed by atoms with Crippen molar-refractivity contribution in [2.24, 2.45) is 11.5 Å². The molecule has 4 nitrogen and oxygen atoms in total. The van der Waals surface area contributed by atoms with Crippen molar-refractivity contribution in [2.45, 2.75) is 25.3 Å². The van der Waals surface area contributed by atoms with Crippen LogP contribution in [-0.2, 0) is 24.3 Å². The summed E-state index contributed by atoms with van der Waals surface area (Å²) >= 11 is 0. The van der Waals surface area contributed by atoms with Gasteiger partial charge in [0.25, 0.3) is 0 Å². The van der Waals surface area contributed by atoms with Gasteiger partial charge in [-0.3, -0.25) is 4.79 Å². The molecule has 1 atom stereocenters. The predicted octanol–water partition coefficient (Wildman–Crippen LogP) is -6.47. The summed E-state index contributed by atoms with van der Waals surface area (Å²) in [4.78, 5) is 10.1. The first-order chi connectivity index (χ1) is 4.68. The van der Waals surface area contributed by atoms with E-state index in [1.807, 2.05) is 0 Å². The Balaban J connectivity index is -0.000000135. The SMILES string of the molecule is NCCCCC(N)C(=O)O.[I-].[I-].[Zn+2]. The van der Waals surface area contributed by atoms with Crippen molar-refractivity contribution in [3.05, 3.63) is 0 Å². The van der Waals surface area contributed by atoms with Crippen LogP contribution in [0.5, 0.6) is 0 Å². The number of hydrogen-bond acceptors (Lipinski definition) is 3. The summed E-state index contributed by atoms with van der Waals surface area (Å²) < 4.78 is 0. The van der Waals surface area contributed by atoms with Gasteiger partial charge in [-0.05, 0) is 19.4 Å². The molecule has 0 aliphatic rings. The molecule has 5 N–H and O–H groups in total. The largest absolute Gasteiger partial charge is 2.00 e. The van der Waals surface area contributed by atoms with E-state index in [0.717, 1.165) is 12.8 Å². The molecule has 0 aliphatic heterocycles. The molecule has 0 rings (SSSR count). The second kappa shape index (κ2) is 15.9. The molecule has 0 aromatic rings. The minimum atomic E-state index is -0.933. The molecule has 0 heterocycles. The molecule has 0 amide bonds. The first kappa shape index (κ1) is 24.0. The fourth-order valence-corrected chi connectivity index (χ4v) is 0.632. The third kappa shape index (κ3) is 16.2. The van der Waals surface area contributed by atoms with Crippen LogP contribution in [0.4, 0.5) is 0 Å². The Labute approximate surface area is 125 Å². The number of carboxylic acids is 1. The van der Waals surface area contributed by atoms with Gasteiger partial charge in [-0.1, -0.05) is 6.42 Å². The van der Waals surface area contributed by atoms with Crippen LogP contribution >= 0.6 is 0 Å². The number of aliphatic carboxylic acids is 1. The van der Waals surface area contributed by atoms with Gasteiger partial charge in [-0.2, -0.15) is 0 Å². The molecular formula is C6H14I2N2O2Zn. The van der Waals surface area contributed by atoms with Crippen molar-refractivity contribution in [1.82, 2.24) is 0 Å². The van der Waals surface area contributed by atoms with Crippen molar-refractivity contribution >= 4 is 5.97 Å². The first-order valence-corrected chi connectivity index (χ1v) is 3.37. The molecule has 76 valence electrons. The van der Waals surface area contributed by atoms with Gasteiger partial charge >= 0.3 is 25.4 Å². The minimum absolute atomic E-state index is 0. The van der Waals surface area contributed by atoms with E-state index in [-0.39, 0.29) is 67.4 Å². The zero-order valence-electron chi connectivity index (χ0n) is 7.38. The fraction of sp³-hybridized carbons (Fsp3) is 0.833. The van der Waals surface area contributed by atoms with E-state index in [2.05, 4.69) is 0 Å². The molecule has 0 aliphatic carbocycles. The Morgan fingerprint density at radius 1 is 1.31 bits per heavy atom. The van der Waals surface area contributed by atoms with Crippen LogP contribution in [0.1, 0.15) is 19.3 Å². The zero-order valence-corrected chi connectivity index (χ0v) is 14.7. The van der Waals surface area contributed by atoms with Crippen molar-refractivity contribution < 1.29 is 77.3 Å². The Bertz CT molecular complexity index is 119. The van der Waals surface area contributed by atoms with Gasteiger partial charge in [0, 0.05) is 0 Å². The second-order valence-electron chi connectivity index (χ2n) is 2.23. The van der Waals surface area contributed by atoms with Gasteiger partial charge in [0.05, 0.1) is 0 Å². The van der Waals surface area contributed by atoms with Crippen molar-refractivity contribution in [3.63, 3.8) is 0 Å². The number of rotatable bonds is 5. The predicted molar refractivity (Wildman–Crippen MR) is 38.5 cm³/mol. The molecule has 1 unspecified atom stereocenters. The van der Waals surface area contributed by atoms with Crippen LogP contribution in [0.2, 0.25) is 0 Å². The third-order valence-electron chi connectivity index (χ3n) is 1.29. The van der Waals surface area contributed by atoms with Gasteiger partial charge < -0.3 is 64.5 Å². The van der Waals surface area contributed by atoms with Crippen molar-refractivity contribution in [2.75, 3.05) is 6.54 Å². The maximum absolute atomic E-state index is 10.1. The minimum Gasteiger partial charge on any atom is -1.00 e. The Morgan fingerprint density at radius 3 is 2.08 bits per heavy atom. The Kier molecular flexibility index (Phi) is 29.3. The number of unbranched alkanes of at least 4 members (excludes halogenated alkanes) is 1. The van der Waals surface area contributed by atoms with E-state index in [1.165, 1.54) is 0 Å². The molecule has 0 spiro atoms. The molecule has 0 saturated carbocycles. The smallest absolute Gasteiger partial charge is 1.00 e. The van der Waals surface area contributed by atoms with Crippen LogP contribution in [0.3, 0.4) is 0 Å². The van der Waals surface area contributed by atoms with E-state index in [9.17, 15) is 4.79 Å². The first-order valence-electron chi connectivity index (χ1n) is 3.37. The molecule has 0 bridgehead atoms. The summed E-state index contributed by atoms with van der Waals surface area (Å²) in [7, 11) is 0. The molecule has 0 radical (unpaired) electrons. The topological polar surface area (TPSA) is 89.3 Å². The summed E-state index contributed by atoms with van der Waals surface area (Å²) in [5, 5.41) is 8.33. The maximum atomic E-state index is 10.1. The van der Waals surface area contributed by atoms with E-state index in [1.54, 1.807) is 0 Å². The molecule has 7 heteroatoms. The van der Waals surface area contributed by atoms with Gasteiger partial charge in [-0.15, -0.1) is 0 Å². The monoisotopic (exact) mass is 464 g/mol. The second-order valence-corrected chi connectivity index (χ2v) is 2.23. The van der Waals surface area contributed by atoms with Crippen molar-refractivity contribution in [3.8, 4) is 0 Å². The van der Waals surface area contributed by atoms with Crippen LogP contribution in [0.25, 0.3) is 0 Å². The average molecular weight is 465 g/mol. The third-order valence-corrected chi connectivity index (χ3v) is 1.29. The molecule has 13 heavy (non-hydrogen) atoms. The number of nitrogens with two attached hydrogens (primary N) is 2. The quantitative estimate of drug-likeness (QED) is 0.214. The molecular weight excluding hydrogens is 451 g/mol. The number of carboxylic acid groups (broad SMARTS) is 1. The fourth-order valence-electron chi connectivity index (χ4n) is 0.632. The molecule has 0 fully saturated rings. The number of halogens is 2. The van der Waals surface area contributed by atoms with Crippen LogP contribution < -0.4 is 59.4 Å². The van der Waals surface area contributed by atoms with Gasteiger partial charge in [0.1, 0.15) is 6.04 Å². The van der Waals surface area contributed by atoms with E-state index >= 15 is 0 Å².